The van der Waals surface area contributed by atoms with Crippen molar-refractivity contribution in [3.8, 4) is 0 Å². The number of hydrogen-bond acceptors (Lipinski definition) is 3. The van der Waals surface area contributed by atoms with E-state index >= 15 is 0 Å². The van der Waals surface area contributed by atoms with Crippen molar-refractivity contribution in [2.45, 2.75) is 18.9 Å². The fourth-order valence-corrected chi connectivity index (χ4v) is 4.16. The number of carbonyl (C=O) groups excluding carboxylic acids is 2. The molecule has 5 atom stereocenters. The molecule has 4 rings (SSSR count). The molecule has 3 heteroatoms. The smallest absolute Gasteiger partial charge is 0.310 e. The lowest BCUT2D eigenvalue weighted by atomic mass is 9.76. The Kier molecular flexibility index (Phi) is 1.97. The first kappa shape index (κ1) is 10.3. The van der Waals surface area contributed by atoms with E-state index in [1.165, 1.54) is 0 Å². The number of benzene rings is 1. The van der Waals surface area contributed by atoms with Crippen LogP contribution in [0.2, 0.25) is 0 Å². The largest absolute Gasteiger partial charge is 0.462 e. The predicted molar refractivity (Wildman–Crippen MR) is 63.8 cm³/mol. The Bertz CT molecular complexity index is 520. The molecule has 1 heterocycles. The van der Waals surface area contributed by atoms with E-state index in [0.29, 0.717) is 11.8 Å². The average molecular weight is 242 g/mol. The molecule has 1 saturated heterocycles. The monoisotopic (exact) mass is 242 g/mol. The van der Waals surface area contributed by atoms with Crippen molar-refractivity contribution in [2.75, 3.05) is 0 Å². The van der Waals surface area contributed by atoms with Gasteiger partial charge in [0, 0.05) is 17.4 Å². The summed E-state index contributed by atoms with van der Waals surface area (Å²) in [5, 5.41) is 0. The summed E-state index contributed by atoms with van der Waals surface area (Å²) in [4.78, 5) is 24.4. The summed E-state index contributed by atoms with van der Waals surface area (Å²) in [6.45, 7) is 0. The Morgan fingerprint density at radius 1 is 1.17 bits per heavy atom. The number of fused-ring (bicyclic) bond motifs is 1. The molecule has 2 saturated carbocycles. The molecule has 3 nitrogen and oxygen atoms in total. The second kappa shape index (κ2) is 3.44. The van der Waals surface area contributed by atoms with Gasteiger partial charge in [0.2, 0.25) is 0 Å². The van der Waals surface area contributed by atoms with Gasteiger partial charge in [-0.25, -0.2) is 0 Å². The molecule has 0 radical (unpaired) electrons. The van der Waals surface area contributed by atoms with Gasteiger partial charge in [-0.1, -0.05) is 30.3 Å². The van der Waals surface area contributed by atoms with Crippen molar-refractivity contribution in [3.05, 3.63) is 35.9 Å². The van der Waals surface area contributed by atoms with Crippen LogP contribution in [0.5, 0.6) is 0 Å². The van der Waals surface area contributed by atoms with Gasteiger partial charge in [0.1, 0.15) is 6.10 Å². The third kappa shape index (κ3) is 1.19. The number of ketones is 1. The molecule has 0 spiro atoms. The van der Waals surface area contributed by atoms with Crippen molar-refractivity contribution < 1.29 is 14.3 Å². The Morgan fingerprint density at radius 2 is 1.94 bits per heavy atom. The van der Waals surface area contributed by atoms with E-state index in [1.807, 2.05) is 30.3 Å². The molecule has 2 bridgehead atoms. The summed E-state index contributed by atoms with van der Waals surface area (Å²) in [5.74, 6) is 0.346. The summed E-state index contributed by atoms with van der Waals surface area (Å²) in [6.07, 6.45) is 1.98. The third-order valence-corrected chi connectivity index (χ3v) is 4.84. The molecular weight excluding hydrogens is 228 g/mol. The van der Waals surface area contributed by atoms with Crippen LogP contribution in [0, 0.1) is 23.7 Å². The van der Waals surface area contributed by atoms with Crippen LogP contribution in [0.3, 0.4) is 0 Å². The molecule has 0 amide bonds. The molecule has 0 aromatic heterocycles. The lowest BCUT2D eigenvalue weighted by molar-refractivity contribution is -0.143. The van der Waals surface area contributed by atoms with E-state index in [0.717, 1.165) is 18.4 Å². The van der Waals surface area contributed by atoms with E-state index in [-0.39, 0.29) is 29.7 Å². The quantitative estimate of drug-likeness (QED) is 0.589. The Balaban J connectivity index is 1.70. The van der Waals surface area contributed by atoms with E-state index < -0.39 is 0 Å². The molecule has 3 fully saturated rings. The lowest BCUT2D eigenvalue weighted by Crippen LogP contribution is -2.32. The van der Waals surface area contributed by atoms with Gasteiger partial charge < -0.3 is 4.74 Å². The topological polar surface area (TPSA) is 43.4 Å². The number of rotatable bonds is 2. The van der Waals surface area contributed by atoms with Gasteiger partial charge in [0.15, 0.2) is 5.78 Å². The first-order valence-electron chi connectivity index (χ1n) is 6.55. The minimum atomic E-state index is -0.165. The number of Topliss-reactive ketones (excluding diaryl/α,β-unsaturated/α-hetero) is 1. The van der Waals surface area contributed by atoms with Crippen molar-refractivity contribution in [1.29, 1.82) is 0 Å². The highest BCUT2D eigenvalue weighted by Crippen LogP contribution is 2.58. The van der Waals surface area contributed by atoms with Crippen LogP contribution >= 0.6 is 0 Å². The van der Waals surface area contributed by atoms with E-state index in [1.54, 1.807) is 0 Å². The minimum Gasteiger partial charge on any atom is -0.462 e. The highest BCUT2D eigenvalue weighted by molar-refractivity contribution is 6.01. The zero-order valence-corrected chi connectivity index (χ0v) is 9.91. The Hall–Kier alpha value is -1.64. The molecule has 1 aromatic carbocycles. The second-order valence-electron chi connectivity index (χ2n) is 5.65. The lowest BCUT2D eigenvalue weighted by Gasteiger charge is -2.23. The van der Waals surface area contributed by atoms with E-state index in [4.69, 9.17) is 4.74 Å². The van der Waals surface area contributed by atoms with Crippen molar-refractivity contribution >= 4 is 11.8 Å². The molecule has 3 aliphatic rings. The first-order chi connectivity index (χ1) is 8.75. The van der Waals surface area contributed by atoms with Gasteiger partial charge in [0.05, 0.1) is 5.92 Å². The Morgan fingerprint density at radius 3 is 2.72 bits per heavy atom. The van der Waals surface area contributed by atoms with Crippen LogP contribution < -0.4 is 0 Å². The van der Waals surface area contributed by atoms with Crippen molar-refractivity contribution in [2.24, 2.45) is 23.7 Å². The Labute approximate surface area is 105 Å². The molecule has 2 aliphatic carbocycles. The summed E-state index contributed by atoms with van der Waals surface area (Å²) in [6, 6.07) is 9.32. The average Bonchev–Trinajstić information content (AvgIpc) is 3.00. The minimum absolute atomic E-state index is 0.104. The van der Waals surface area contributed by atoms with Gasteiger partial charge >= 0.3 is 5.97 Å². The zero-order valence-electron chi connectivity index (χ0n) is 9.91. The molecule has 0 unspecified atom stereocenters. The van der Waals surface area contributed by atoms with E-state index in [2.05, 4.69) is 0 Å². The molecule has 92 valence electrons. The van der Waals surface area contributed by atoms with Gasteiger partial charge in [-0.2, -0.15) is 0 Å². The fourth-order valence-electron chi connectivity index (χ4n) is 4.16. The highest BCUT2D eigenvalue weighted by atomic mass is 16.6. The molecule has 1 aliphatic heterocycles. The van der Waals surface area contributed by atoms with Gasteiger partial charge in [-0.3, -0.25) is 9.59 Å². The molecule has 1 aromatic rings. The van der Waals surface area contributed by atoms with Crippen LogP contribution in [-0.4, -0.2) is 17.9 Å². The number of ether oxygens (including phenoxy) is 1. The first-order valence-corrected chi connectivity index (χ1v) is 6.55. The van der Waals surface area contributed by atoms with E-state index in [9.17, 15) is 9.59 Å². The SMILES string of the molecule is O=C(c1ccccc1)[C@@H]1[C@@H]2C[C@@H]3[C@H]1C(=O)O[C@H]3C2. The predicted octanol–water partition coefficient (Wildman–Crippen LogP) is 2.07. The van der Waals surface area contributed by atoms with Crippen LogP contribution in [0.4, 0.5) is 0 Å². The van der Waals surface area contributed by atoms with Crippen LogP contribution in [0.15, 0.2) is 30.3 Å². The normalized spacial score (nSPS) is 40.0. The van der Waals surface area contributed by atoms with Crippen LogP contribution in [-0.2, 0) is 9.53 Å². The second-order valence-corrected chi connectivity index (χ2v) is 5.65. The number of esters is 1. The zero-order chi connectivity index (χ0) is 12.3. The summed E-state index contributed by atoms with van der Waals surface area (Å²) < 4.78 is 5.36. The molecular formula is C15H14O3. The number of carbonyl (C=O) groups is 2. The summed E-state index contributed by atoms with van der Waals surface area (Å²) in [5.41, 5.74) is 0.728. The third-order valence-electron chi connectivity index (χ3n) is 4.84. The maximum atomic E-state index is 12.6. The van der Waals surface area contributed by atoms with Crippen molar-refractivity contribution in [3.63, 3.8) is 0 Å². The van der Waals surface area contributed by atoms with Gasteiger partial charge in [-0.05, 0) is 18.8 Å². The molecule has 18 heavy (non-hydrogen) atoms. The standard InChI is InChI=1S/C15H14O3/c16-14(8-4-2-1-3-5-8)12-9-6-10-11(7-9)18-15(17)13(10)12/h1-5,9-13H,6-7H2/t9-,10+,11+,12-,13-/m1/s1. The number of hydrogen-bond donors (Lipinski definition) is 0. The highest BCUT2D eigenvalue weighted by Gasteiger charge is 2.63. The molecule has 0 N–H and O–H groups in total. The summed E-state index contributed by atoms with van der Waals surface area (Å²) in [7, 11) is 0. The van der Waals surface area contributed by atoms with Crippen LogP contribution in [0.1, 0.15) is 23.2 Å². The summed E-state index contributed by atoms with van der Waals surface area (Å²) >= 11 is 0. The van der Waals surface area contributed by atoms with Crippen molar-refractivity contribution in [1.82, 2.24) is 0 Å². The maximum Gasteiger partial charge on any atom is 0.310 e. The van der Waals surface area contributed by atoms with Gasteiger partial charge in [0.25, 0.3) is 0 Å². The van der Waals surface area contributed by atoms with Crippen LogP contribution in [0.25, 0.3) is 0 Å². The van der Waals surface area contributed by atoms with Gasteiger partial charge in [-0.15, -0.1) is 0 Å². The maximum absolute atomic E-state index is 12.6. The fraction of sp³-hybridized carbons (Fsp3) is 0.467.